The van der Waals surface area contributed by atoms with Gasteiger partial charge in [0.2, 0.25) is 0 Å². The standard InChI is InChI=1S/C25H19IN2O3S/c1-16-4-2-3-5-22(16)28-24(30)21(23(29)27-25(28)32)14-17-8-12-20(13-9-17)31-15-18-6-10-19(26)11-7-18/h2-14H,15H2,1H3,(H,27,29,32)/b21-14+. The summed E-state index contributed by atoms with van der Waals surface area (Å²) in [4.78, 5) is 27.0. The minimum Gasteiger partial charge on any atom is -0.489 e. The highest BCUT2D eigenvalue weighted by Crippen LogP contribution is 2.25. The molecule has 3 aromatic rings. The van der Waals surface area contributed by atoms with Crippen molar-refractivity contribution in [2.24, 2.45) is 0 Å². The molecule has 0 spiro atoms. The Morgan fingerprint density at radius 1 is 1.00 bits per heavy atom. The number of hydrogen-bond acceptors (Lipinski definition) is 4. The molecule has 1 aliphatic heterocycles. The van der Waals surface area contributed by atoms with Gasteiger partial charge in [0.1, 0.15) is 17.9 Å². The molecule has 4 rings (SSSR count). The van der Waals surface area contributed by atoms with Crippen molar-refractivity contribution in [3.63, 3.8) is 0 Å². The van der Waals surface area contributed by atoms with Gasteiger partial charge in [0.25, 0.3) is 11.8 Å². The Bertz CT molecular complexity index is 1220. The minimum atomic E-state index is -0.510. The van der Waals surface area contributed by atoms with Crippen molar-refractivity contribution in [3.05, 3.63) is 98.6 Å². The molecule has 2 amide bonds. The van der Waals surface area contributed by atoms with E-state index in [4.69, 9.17) is 17.0 Å². The third kappa shape index (κ3) is 4.89. The molecule has 0 bridgehead atoms. The Morgan fingerprint density at radius 2 is 1.69 bits per heavy atom. The Balaban J connectivity index is 1.52. The zero-order valence-corrected chi connectivity index (χ0v) is 20.1. The van der Waals surface area contributed by atoms with Crippen LogP contribution < -0.4 is 15.0 Å². The van der Waals surface area contributed by atoms with Crippen LogP contribution in [0, 0.1) is 10.5 Å². The second kappa shape index (κ2) is 9.62. The van der Waals surface area contributed by atoms with Crippen LogP contribution in [0.2, 0.25) is 0 Å². The second-order valence-electron chi connectivity index (χ2n) is 7.23. The summed E-state index contributed by atoms with van der Waals surface area (Å²) in [5.41, 5.74) is 3.34. The number of carbonyl (C=O) groups excluding carboxylic acids is 2. The predicted molar refractivity (Wildman–Crippen MR) is 137 cm³/mol. The number of aryl methyl sites for hydroxylation is 1. The first-order valence-corrected chi connectivity index (χ1v) is 11.4. The highest BCUT2D eigenvalue weighted by atomic mass is 127. The highest BCUT2D eigenvalue weighted by molar-refractivity contribution is 14.1. The first-order chi connectivity index (χ1) is 15.4. The average molecular weight is 554 g/mol. The number of halogens is 1. The van der Waals surface area contributed by atoms with Crippen LogP contribution >= 0.6 is 34.8 Å². The number of anilines is 1. The number of nitrogens with one attached hydrogen (secondary N) is 1. The maximum atomic E-state index is 13.1. The topological polar surface area (TPSA) is 58.6 Å². The molecule has 5 nitrogen and oxygen atoms in total. The summed E-state index contributed by atoms with van der Waals surface area (Å²) in [6.07, 6.45) is 1.56. The zero-order chi connectivity index (χ0) is 22.7. The van der Waals surface area contributed by atoms with E-state index >= 15 is 0 Å². The lowest BCUT2D eigenvalue weighted by Crippen LogP contribution is -2.54. The number of thiocarbonyl (C=S) groups is 1. The Kier molecular flexibility index (Phi) is 6.66. The van der Waals surface area contributed by atoms with Crippen LogP contribution in [0.25, 0.3) is 6.08 Å². The maximum absolute atomic E-state index is 13.1. The summed E-state index contributed by atoms with van der Waals surface area (Å²) in [6.45, 7) is 2.35. The molecule has 0 aliphatic carbocycles. The SMILES string of the molecule is Cc1ccccc1N1C(=O)/C(=C/c2ccc(OCc3ccc(I)cc3)cc2)C(=O)NC1=S. The van der Waals surface area contributed by atoms with Crippen LogP contribution in [0.15, 0.2) is 78.4 Å². The van der Waals surface area contributed by atoms with Crippen molar-refractivity contribution < 1.29 is 14.3 Å². The number of amides is 2. The Labute approximate surface area is 205 Å². The van der Waals surface area contributed by atoms with Crippen molar-refractivity contribution in [3.8, 4) is 5.75 Å². The van der Waals surface area contributed by atoms with Crippen LogP contribution in [0.5, 0.6) is 5.75 Å². The molecule has 7 heteroatoms. The molecular formula is C25H19IN2O3S. The molecule has 0 atom stereocenters. The summed E-state index contributed by atoms with van der Waals surface area (Å²) in [5.74, 6) is -0.260. The first kappa shape index (κ1) is 22.2. The molecule has 1 saturated heterocycles. The van der Waals surface area contributed by atoms with E-state index in [1.54, 1.807) is 12.1 Å². The van der Waals surface area contributed by atoms with Gasteiger partial charge in [-0.15, -0.1) is 0 Å². The molecule has 0 aromatic heterocycles. The van der Waals surface area contributed by atoms with Crippen molar-refractivity contribution in [1.82, 2.24) is 5.32 Å². The monoisotopic (exact) mass is 554 g/mol. The van der Waals surface area contributed by atoms with Gasteiger partial charge in [0, 0.05) is 3.57 Å². The van der Waals surface area contributed by atoms with Crippen LogP contribution in [-0.2, 0) is 16.2 Å². The molecule has 0 radical (unpaired) electrons. The van der Waals surface area contributed by atoms with Gasteiger partial charge in [0.15, 0.2) is 5.11 Å². The molecular weight excluding hydrogens is 535 g/mol. The molecule has 1 N–H and O–H groups in total. The van der Waals surface area contributed by atoms with E-state index in [0.717, 1.165) is 11.1 Å². The number of nitrogens with zero attached hydrogens (tertiary/aromatic N) is 1. The number of para-hydroxylation sites is 1. The number of carbonyl (C=O) groups is 2. The van der Waals surface area contributed by atoms with Gasteiger partial charge in [-0.1, -0.05) is 42.5 Å². The van der Waals surface area contributed by atoms with Crippen LogP contribution in [-0.4, -0.2) is 16.9 Å². The van der Waals surface area contributed by atoms with Crippen molar-refractivity contribution in [2.45, 2.75) is 13.5 Å². The van der Waals surface area contributed by atoms with Gasteiger partial charge >= 0.3 is 0 Å². The summed E-state index contributed by atoms with van der Waals surface area (Å²) in [5, 5.41) is 2.69. The molecule has 3 aromatic carbocycles. The average Bonchev–Trinajstić information content (AvgIpc) is 2.78. The summed E-state index contributed by atoms with van der Waals surface area (Å²) in [7, 11) is 0. The molecule has 1 aliphatic rings. The summed E-state index contributed by atoms with van der Waals surface area (Å²) >= 11 is 7.53. The van der Waals surface area contributed by atoms with Gasteiger partial charge in [-0.3, -0.25) is 19.8 Å². The quantitative estimate of drug-likeness (QED) is 0.209. The number of rotatable bonds is 5. The highest BCUT2D eigenvalue weighted by Gasteiger charge is 2.34. The second-order valence-corrected chi connectivity index (χ2v) is 8.86. The van der Waals surface area contributed by atoms with Crippen molar-refractivity contribution >= 4 is 63.5 Å². The molecule has 1 heterocycles. The fourth-order valence-electron chi connectivity index (χ4n) is 3.26. The first-order valence-electron chi connectivity index (χ1n) is 9.87. The number of benzene rings is 3. The van der Waals surface area contributed by atoms with E-state index < -0.39 is 11.8 Å². The van der Waals surface area contributed by atoms with Crippen molar-refractivity contribution in [2.75, 3.05) is 4.90 Å². The lowest BCUT2D eigenvalue weighted by atomic mass is 10.1. The molecule has 160 valence electrons. The van der Waals surface area contributed by atoms with Gasteiger partial charge in [-0.05, 0) is 94.8 Å². The van der Waals surface area contributed by atoms with Crippen LogP contribution in [0.4, 0.5) is 5.69 Å². The Hall–Kier alpha value is -3.04. The molecule has 32 heavy (non-hydrogen) atoms. The third-order valence-electron chi connectivity index (χ3n) is 4.97. The maximum Gasteiger partial charge on any atom is 0.270 e. The van der Waals surface area contributed by atoms with Gasteiger partial charge in [-0.2, -0.15) is 0 Å². The van der Waals surface area contributed by atoms with E-state index in [1.807, 2.05) is 73.7 Å². The van der Waals surface area contributed by atoms with E-state index in [1.165, 1.54) is 8.47 Å². The van der Waals surface area contributed by atoms with E-state index in [-0.39, 0.29) is 10.7 Å². The normalized spacial score (nSPS) is 15.1. The largest absolute Gasteiger partial charge is 0.489 e. The summed E-state index contributed by atoms with van der Waals surface area (Å²) in [6, 6.07) is 22.8. The van der Waals surface area contributed by atoms with Crippen molar-refractivity contribution in [1.29, 1.82) is 0 Å². The third-order valence-corrected chi connectivity index (χ3v) is 5.97. The van der Waals surface area contributed by atoms with E-state index in [0.29, 0.717) is 23.6 Å². The fourth-order valence-corrected chi connectivity index (χ4v) is 3.90. The van der Waals surface area contributed by atoms with Crippen LogP contribution in [0.3, 0.4) is 0 Å². The lowest BCUT2D eigenvalue weighted by molar-refractivity contribution is -0.122. The van der Waals surface area contributed by atoms with E-state index in [2.05, 4.69) is 27.9 Å². The zero-order valence-electron chi connectivity index (χ0n) is 17.2. The smallest absolute Gasteiger partial charge is 0.270 e. The lowest BCUT2D eigenvalue weighted by Gasteiger charge is -2.30. The predicted octanol–water partition coefficient (Wildman–Crippen LogP) is 5.01. The van der Waals surface area contributed by atoms with E-state index in [9.17, 15) is 9.59 Å². The molecule has 0 unspecified atom stereocenters. The van der Waals surface area contributed by atoms with Gasteiger partial charge in [0.05, 0.1) is 5.69 Å². The summed E-state index contributed by atoms with van der Waals surface area (Å²) < 4.78 is 7.00. The van der Waals surface area contributed by atoms with Crippen LogP contribution in [0.1, 0.15) is 16.7 Å². The van der Waals surface area contributed by atoms with Gasteiger partial charge < -0.3 is 4.74 Å². The molecule has 0 saturated carbocycles. The molecule has 1 fully saturated rings. The Morgan fingerprint density at radius 3 is 2.38 bits per heavy atom. The number of hydrogen-bond donors (Lipinski definition) is 1. The van der Waals surface area contributed by atoms with Gasteiger partial charge in [-0.25, -0.2) is 0 Å². The number of ether oxygens (including phenoxy) is 1. The fraction of sp³-hybridized carbons (Fsp3) is 0.0800. The minimum absolute atomic E-state index is 0.0226.